The summed E-state index contributed by atoms with van der Waals surface area (Å²) < 4.78 is 13.0. The molecule has 6 heteroatoms. The summed E-state index contributed by atoms with van der Waals surface area (Å²) in [6.07, 6.45) is 6.05. The number of hydrogen-bond acceptors (Lipinski definition) is 4. The van der Waals surface area contributed by atoms with Crippen molar-refractivity contribution in [1.29, 1.82) is 0 Å². The van der Waals surface area contributed by atoms with Crippen molar-refractivity contribution >= 4 is 5.82 Å². The molecule has 14 heavy (non-hydrogen) atoms. The molecular weight excluding hydrogens is 185 g/mol. The molecule has 72 valence electrons. The minimum absolute atomic E-state index is 0.129. The van der Waals surface area contributed by atoms with E-state index in [1.54, 1.807) is 12.4 Å². The van der Waals surface area contributed by atoms with Gasteiger partial charge in [-0.1, -0.05) is 0 Å². The van der Waals surface area contributed by atoms with Crippen LogP contribution in [0.1, 0.15) is 5.82 Å². The maximum absolute atomic E-state index is 13.0. The van der Waals surface area contributed by atoms with Crippen LogP contribution in [0.5, 0.6) is 0 Å². The highest BCUT2D eigenvalue weighted by Crippen LogP contribution is 2.05. The second-order valence-corrected chi connectivity index (χ2v) is 2.59. The average Bonchev–Trinajstić information content (AvgIpc) is 2.69. The number of aromatic nitrogens is 4. The molecule has 0 aliphatic heterocycles. The van der Waals surface area contributed by atoms with E-state index in [0.717, 1.165) is 5.82 Å². The van der Waals surface area contributed by atoms with E-state index in [0.29, 0.717) is 6.54 Å². The third-order valence-electron chi connectivity index (χ3n) is 1.63. The molecule has 5 nitrogen and oxygen atoms in total. The number of H-pyrrole nitrogens is 1. The van der Waals surface area contributed by atoms with Crippen LogP contribution < -0.4 is 5.32 Å². The number of hydrogen-bond donors (Lipinski definition) is 2. The second kappa shape index (κ2) is 3.82. The molecule has 0 radical (unpaired) electrons. The molecule has 0 saturated heterocycles. The van der Waals surface area contributed by atoms with Gasteiger partial charge in [-0.05, 0) is 0 Å². The third-order valence-corrected chi connectivity index (χ3v) is 1.63. The molecule has 0 spiro atoms. The van der Waals surface area contributed by atoms with Crippen LogP contribution in [-0.4, -0.2) is 19.9 Å². The summed E-state index contributed by atoms with van der Waals surface area (Å²) in [4.78, 5) is 14.1. The Labute approximate surface area is 79.4 Å². The van der Waals surface area contributed by atoms with Gasteiger partial charge in [0.2, 0.25) is 0 Å². The van der Waals surface area contributed by atoms with E-state index in [1.807, 2.05) is 0 Å². The molecule has 2 aromatic heterocycles. The highest BCUT2D eigenvalue weighted by Gasteiger charge is 2.03. The van der Waals surface area contributed by atoms with Gasteiger partial charge in [0.15, 0.2) is 5.82 Å². The van der Waals surface area contributed by atoms with Gasteiger partial charge in [0.1, 0.15) is 5.82 Å². The van der Waals surface area contributed by atoms with Gasteiger partial charge in [-0.15, -0.1) is 0 Å². The fraction of sp³-hybridized carbons (Fsp3) is 0.125. The first-order valence-electron chi connectivity index (χ1n) is 4.05. The van der Waals surface area contributed by atoms with Gasteiger partial charge < -0.3 is 10.3 Å². The first-order valence-corrected chi connectivity index (χ1v) is 4.05. The fourth-order valence-electron chi connectivity index (χ4n) is 1.00. The molecule has 0 aromatic carbocycles. The topological polar surface area (TPSA) is 66.5 Å². The van der Waals surface area contributed by atoms with E-state index in [1.165, 1.54) is 12.4 Å². The van der Waals surface area contributed by atoms with Crippen molar-refractivity contribution in [3.8, 4) is 0 Å². The Morgan fingerprint density at radius 1 is 1.21 bits per heavy atom. The summed E-state index contributed by atoms with van der Waals surface area (Å²) in [5.74, 6) is 0.234. The van der Waals surface area contributed by atoms with Gasteiger partial charge in [0.25, 0.3) is 5.95 Å². The van der Waals surface area contributed by atoms with Crippen LogP contribution in [0.3, 0.4) is 0 Å². The smallest absolute Gasteiger partial charge is 0.255 e. The van der Waals surface area contributed by atoms with Crippen LogP contribution in [-0.2, 0) is 6.54 Å². The van der Waals surface area contributed by atoms with Crippen LogP contribution in [0.4, 0.5) is 10.2 Å². The molecule has 0 aliphatic carbocycles. The van der Waals surface area contributed by atoms with E-state index in [2.05, 4.69) is 25.3 Å². The van der Waals surface area contributed by atoms with Gasteiger partial charge in [-0.25, -0.2) is 15.0 Å². The summed E-state index contributed by atoms with van der Waals surface area (Å²) in [5.41, 5.74) is 0. The van der Waals surface area contributed by atoms with Crippen molar-refractivity contribution in [3.05, 3.63) is 36.6 Å². The number of halogens is 1. The minimum Gasteiger partial charge on any atom is -0.359 e. The van der Waals surface area contributed by atoms with E-state index in [4.69, 9.17) is 0 Å². The summed E-state index contributed by atoms with van der Waals surface area (Å²) >= 11 is 0. The molecule has 0 atom stereocenters. The number of nitrogens with zero attached hydrogens (tertiary/aromatic N) is 3. The normalized spacial score (nSPS) is 10.1. The zero-order valence-corrected chi connectivity index (χ0v) is 7.24. The summed E-state index contributed by atoms with van der Waals surface area (Å²) in [5, 5.41) is 2.77. The van der Waals surface area contributed by atoms with Crippen LogP contribution in [0.25, 0.3) is 0 Å². The molecule has 2 rings (SSSR count). The van der Waals surface area contributed by atoms with Gasteiger partial charge in [-0.3, -0.25) is 0 Å². The van der Waals surface area contributed by atoms with Crippen molar-refractivity contribution in [1.82, 2.24) is 19.9 Å². The van der Waals surface area contributed by atoms with Crippen LogP contribution in [0, 0.1) is 5.95 Å². The zero-order valence-electron chi connectivity index (χ0n) is 7.24. The monoisotopic (exact) mass is 193 g/mol. The Bertz CT molecular complexity index is 400. The standard InChI is InChI=1S/C8H8FN5/c9-7-8(13-4-3-12-7)14-5-6-10-1-2-11-6/h1-4H,5H2,(H,10,11)(H,13,14). The van der Waals surface area contributed by atoms with Crippen molar-refractivity contribution < 1.29 is 4.39 Å². The number of aromatic amines is 1. The molecule has 0 fully saturated rings. The number of imidazole rings is 1. The van der Waals surface area contributed by atoms with Crippen molar-refractivity contribution in [3.63, 3.8) is 0 Å². The zero-order chi connectivity index (χ0) is 9.80. The first kappa shape index (κ1) is 8.61. The minimum atomic E-state index is -0.612. The van der Waals surface area contributed by atoms with Crippen molar-refractivity contribution in [2.75, 3.05) is 5.32 Å². The van der Waals surface area contributed by atoms with Crippen LogP contribution in [0.2, 0.25) is 0 Å². The Hall–Kier alpha value is -1.98. The lowest BCUT2D eigenvalue weighted by molar-refractivity contribution is 0.580. The first-order chi connectivity index (χ1) is 6.86. The molecule has 2 aromatic rings. The maximum atomic E-state index is 13.0. The summed E-state index contributed by atoms with van der Waals surface area (Å²) in [6.45, 7) is 0.391. The van der Waals surface area contributed by atoms with E-state index in [-0.39, 0.29) is 5.82 Å². The highest BCUT2D eigenvalue weighted by atomic mass is 19.1. The van der Waals surface area contributed by atoms with Gasteiger partial charge in [-0.2, -0.15) is 4.39 Å². The largest absolute Gasteiger partial charge is 0.359 e. The van der Waals surface area contributed by atoms with Gasteiger partial charge in [0.05, 0.1) is 6.54 Å². The molecule has 0 unspecified atom stereocenters. The molecule has 0 saturated carbocycles. The van der Waals surface area contributed by atoms with Crippen LogP contribution in [0.15, 0.2) is 24.8 Å². The fourth-order valence-corrected chi connectivity index (χ4v) is 1.00. The van der Waals surface area contributed by atoms with Gasteiger partial charge >= 0.3 is 0 Å². The van der Waals surface area contributed by atoms with E-state index < -0.39 is 5.95 Å². The SMILES string of the molecule is Fc1nccnc1NCc1ncc[nH]1. The molecule has 2 heterocycles. The molecule has 0 amide bonds. The van der Waals surface area contributed by atoms with Gasteiger partial charge in [0, 0.05) is 24.8 Å². The van der Waals surface area contributed by atoms with Crippen LogP contribution >= 0.6 is 0 Å². The lowest BCUT2D eigenvalue weighted by Crippen LogP contribution is -2.05. The molecule has 0 aliphatic rings. The quantitative estimate of drug-likeness (QED) is 0.761. The number of anilines is 1. The predicted octanol–water partition coefficient (Wildman–Crippen LogP) is 0.951. The molecular formula is C8H8FN5. The summed E-state index contributed by atoms with van der Waals surface area (Å²) in [6, 6.07) is 0. The maximum Gasteiger partial charge on any atom is 0.255 e. The predicted molar refractivity (Wildman–Crippen MR) is 47.9 cm³/mol. The lowest BCUT2D eigenvalue weighted by atomic mass is 10.5. The molecule has 0 bridgehead atoms. The lowest BCUT2D eigenvalue weighted by Gasteiger charge is -2.02. The van der Waals surface area contributed by atoms with E-state index >= 15 is 0 Å². The highest BCUT2D eigenvalue weighted by molar-refractivity contribution is 5.31. The average molecular weight is 193 g/mol. The van der Waals surface area contributed by atoms with E-state index in [9.17, 15) is 4.39 Å². The van der Waals surface area contributed by atoms with Crippen molar-refractivity contribution in [2.45, 2.75) is 6.54 Å². The Morgan fingerprint density at radius 3 is 2.79 bits per heavy atom. The summed E-state index contributed by atoms with van der Waals surface area (Å²) in [7, 11) is 0. The Balaban J connectivity index is 2.02. The number of nitrogens with one attached hydrogen (secondary N) is 2. The Morgan fingerprint density at radius 2 is 2.07 bits per heavy atom. The molecule has 2 N–H and O–H groups in total. The number of rotatable bonds is 3. The third kappa shape index (κ3) is 1.85. The van der Waals surface area contributed by atoms with Crippen molar-refractivity contribution in [2.24, 2.45) is 0 Å². The second-order valence-electron chi connectivity index (χ2n) is 2.59. The Kier molecular flexibility index (Phi) is 2.35.